The van der Waals surface area contributed by atoms with Gasteiger partial charge in [-0.3, -0.25) is 4.98 Å². The first-order valence-corrected chi connectivity index (χ1v) is 8.65. The molecule has 4 rings (SSSR count). The summed E-state index contributed by atoms with van der Waals surface area (Å²) < 4.78 is 2.02. The van der Waals surface area contributed by atoms with Gasteiger partial charge in [-0.1, -0.05) is 6.07 Å². The molecule has 0 aromatic carbocycles. The molecule has 0 fully saturated rings. The van der Waals surface area contributed by atoms with Gasteiger partial charge < -0.3 is 5.32 Å². The zero-order valence-corrected chi connectivity index (χ0v) is 13.8. The zero-order valence-electron chi connectivity index (χ0n) is 12.9. The monoisotopic (exact) mass is 326 g/mol. The van der Waals surface area contributed by atoms with Crippen LogP contribution >= 0.6 is 11.3 Å². The lowest BCUT2D eigenvalue weighted by molar-refractivity contribution is 0.356. The molecule has 1 aliphatic rings. The fourth-order valence-corrected chi connectivity index (χ4v) is 3.64. The first-order valence-electron chi connectivity index (χ1n) is 7.77. The van der Waals surface area contributed by atoms with Crippen LogP contribution in [0, 0.1) is 6.92 Å². The maximum atomic E-state index is 4.67. The van der Waals surface area contributed by atoms with Gasteiger partial charge in [0.15, 0.2) is 0 Å². The van der Waals surface area contributed by atoms with Gasteiger partial charge in [-0.25, -0.2) is 14.6 Å². The van der Waals surface area contributed by atoms with E-state index in [9.17, 15) is 0 Å². The van der Waals surface area contributed by atoms with Crippen molar-refractivity contribution in [2.45, 2.75) is 38.9 Å². The number of aryl methyl sites for hydroxylation is 2. The van der Waals surface area contributed by atoms with E-state index in [1.54, 1.807) is 17.5 Å². The number of pyridine rings is 1. The van der Waals surface area contributed by atoms with Crippen molar-refractivity contribution in [3.8, 4) is 10.7 Å². The fraction of sp³-hybridized carbons (Fsp3) is 0.375. The molecule has 0 bridgehead atoms. The van der Waals surface area contributed by atoms with Gasteiger partial charge in [0.25, 0.3) is 0 Å². The number of hydrogen-bond acceptors (Lipinski definition) is 6. The number of hydrogen-bond donors (Lipinski definition) is 1. The lowest BCUT2D eigenvalue weighted by atomic mass is 10.1. The highest BCUT2D eigenvalue weighted by molar-refractivity contribution is 7.13. The van der Waals surface area contributed by atoms with Crippen molar-refractivity contribution >= 4 is 11.3 Å². The van der Waals surface area contributed by atoms with Crippen LogP contribution in [-0.2, 0) is 19.5 Å². The van der Waals surface area contributed by atoms with E-state index >= 15 is 0 Å². The topological polar surface area (TPSA) is 68.5 Å². The molecule has 4 heterocycles. The Morgan fingerprint density at radius 1 is 1.35 bits per heavy atom. The van der Waals surface area contributed by atoms with E-state index in [1.165, 1.54) is 0 Å². The van der Waals surface area contributed by atoms with Gasteiger partial charge in [0, 0.05) is 30.6 Å². The Hall–Kier alpha value is -2.12. The van der Waals surface area contributed by atoms with Crippen LogP contribution in [0.25, 0.3) is 10.7 Å². The molecule has 23 heavy (non-hydrogen) atoms. The standard InChI is InChI=1S/C16H18N6S/c1-11-19-15-6-5-12(9-22(15)21-11)18-8-13-10-23-16(20-13)14-4-2-3-7-17-14/h2-4,7,10,12,18H,5-6,8-9H2,1H3/t12-/m0/s1. The smallest absolute Gasteiger partial charge is 0.147 e. The first kappa shape index (κ1) is 14.5. The molecule has 7 heteroatoms. The second kappa shape index (κ2) is 6.17. The second-order valence-corrected chi connectivity index (χ2v) is 6.59. The third kappa shape index (κ3) is 3.16. The Bertz CT molecular complexity index is 794. The van der Waals surface area contributed by atoms with E-state index in [-0.39, 0.29) is 0 Å². The SMILES string of the molecule is Cc1nc2n(n1)C[C@@H](NCc1csc(-c3ccccn3)n1)CC2. The number of fused-ring (bicyclic) bond motifs is 1. The summed E-state index contributed by atoms with van der Waals surface area (Å²) in [6.45, 7) is 3.60. The highest BCUT2D eigenvalue weighted by atomic mass is 32.1. The maximum absolute atomic E-state index is 4.67. The molecule has 0 saturated heterocycles. The Morgan fingerprint density at radius 3 is 3.17 bits per heavy atom. The van der Waals surface area contributed by atoms with Crippen molar-refractivity contribution in [3.05, 3.63) is 47.1 Å². The van der Waals surface area contributed by atoms with E-state index in [1.807, 2.05) is 29.8 Å². The van der Waals surface area contributed by atoms with Crippen LogP contribution in [0.4, 0.5) is 0 Å². The molecule has 0 spiro atoms. The highest BCUT2D eigenvalue weighted by Crippen LogP contribution is 2.21. The first-order chi connectivity index (χ1) is 11.3. The maximum Gasteiger partial charge on any atom is 0.147 e. The van der Waals surface area contributed by atoms with Crippen molar-refractivity contribution in [2.24, 2.45) is 0 Å². The fourth-order valence-electron chi connectivity index (χ4n) is 2.84. The molecule has 0 amide bonds. The van der Waals surface area contributed by atoms with Crippen molar-refractivity contribution < 1.29 is 0 Å². The molecule has 118 valence electrons. The predicted molar refractivity (Wildman–Crippen MR) is 89.1 cm³/mol. The van der Waals surface area contributed by atoms with Crippen LogP contribution < -0.4 is 5.32 Å². The van der Waals surface area contributed by atoms with Crippen LogP contribution in [0.15, 0.2) is 29.8 Å². The van der Waals surface area contributed by atoms with Gasteiger partial charge in [-0.2, -0.15) is 5.10 Å². The number of nitrogens with zero attached hydrogens (tertiary/aromatic N) is 5. The average molecular weight is 326 g/mol. The van der Waals surface area contributed by atoms with Crippen molar-refractivity contribution in [1.29, 1.82) is 0 Å². The van der Waals surface area contributed by atoms with Gasteiger partial charge in [0.1, 0.15) is 16.7 Å². The van der Waals surface area contributed by atoms with Gasteiger partial charge >= 0.3 is 0 Å². The van der Waals surface area contributed by atoms with Crippen LogP contribution in [0.3, 0.4) is 0 Å². The third-order valence-electron chi connectivity index (χ3n) is 3.97. The van der Waals surface area contributed by atoms with Gasteiger partial charge in [-0.05, 0) is 25.5 Å². The van der Waals surface area contributed by atoms with Crippen LogP contribution in [0.2, 0.25) is 0 Å². The minimum Gasteiger partial charge on any atom is -0.306 e. The van der Waals surface area contributed by atoms with Crippen molar-refractivity contribution in [3.63, 3.8) is 0 Å². The summed E-state index contributed by atoms with van der Waals surface area (Å²) in [5.74, 6) is 1.96. The molecule has 0 radical (unpaired) electrons. The number of thiazole rings is 1. The molecule has 0 unspecified atom stereocenters. The van der Waals surface area contributed by atoms with Crippen LogP contribution in [0.5, 0.6) is 0 Å². The Morgan fingerprint density at radius 2 is 2.30 bits per heavy atom. The largest absolute Gasteiger partial charge is 0.306 e. The molecular weight excluding hydrogens is 308 g/mol. The lowest BCUT2D eigenvalue weighted by Gasteiger charge is -2.23. The van der Waals surface area contributed by atoms with E-state index < -0.39 is 0 Å². The molecule has 3 aromatic heterocycles. The minimum absolute atomic E-state index is 0.420. The highest BCUT2D eigenvalue weighted by Gasteiger charge is 2.20. The summed E-state index contributed by atoms with van der Waals surface area (Å²) in [6.07, 6.45) is 3.87. The van der Waals surface area contributed by atoms with Gasteiger partial charge in [0.05, 0.1) is 17.9 Å². The molecule has 3 aromatic rings. The zero-order chi connectivity index (χ0) is 15.6. The normalized spacial score (nSPS) is 17.2. The quantitative estimate of drug-likeness (QED) is 0.796. The second-order valence-electron chi connectivity index (χ2n) is 5.73. The summed E-state index contributed by atoms with van der Waals surface area (Å²) in [4.78, 5) is 13.5. The summed E-state index contributed by atoms with van der Waals surface area (Å²) in [7, 11) is 0. The number of aromatic nitrogens is 5. The lowest BCUT2D eigenvalue weighted by Crippen LogP contribution is -2.37. The summed E-state index contributed by atoms with van der Waals surface area (Å²) in [5, 5.41) is 11.1. The van der Waals surface area contributed by atoms with Gasteiger partial charge in [-0.15, -0.1) is 11.3 Å². The molecule has 1 N–H and O–H groups in total. The van der Waals surface area contributed by atoms with E-state index in [4.69, 9.17) is 0 Å². The van der Waals surface area contributed by atoms with Crippen LogP contribution in [0.1, 0.15) is 23.8 Å². The van der Waals surface area contributed by atoms with Crippen molar-refractivity contribution in [2.75, 3.05) is 0 Å². The molecule has 1 atom stereocenters. The average Bonchev–Trinajstić information content (AvgIpc) is 3.18. The molecule has 6 nitrogen and oxygen atoms in total. The van der Waals surface area contributed by atoms with Crippen molar-refractivity contribution in [1.82, 2.24) is 30.0 Å². The van der Waals surface area contributed by atoms with E-state index in [2.05, 4.69) is 30.7 Å². The van der Waals surface area contributed by atoms with Gasteiger partial charge in [0.2, 0.25) is 0 Å². The summed E-state index contributed by atoms with van der Waals surface area (Å²) >= 11 is 1.64. The van der Waals surface area contributed by atoms with Crippen LogP contribution in [-0.4, -0.2) is 30.8 Å². The molecular formula is C16H18N6S. The third-order valence-corrected chi connectivity index (χ3v) is 4.89. The minimum atomic E-state index is 0.420. The Balaban J connectivity index is 1.38. The Labute approximate surface area is 138 Å². The summed E-state index contributed by atoms with van der Waals surface area (Å²) in [5.41, 5.74) is 2.00. The van der Waals surface area contributed by atoms with E-state index in [0.29, 0.717) is 6.04 Å². The molecule has 0 saturated carbocycles. The molecule has 1 aliphatic heterocycles. The number of rotatable bonds is 4. The predicted octanol–water partition coefficient (Wildman–Crippen LogP) is 2.21. The molecule has 0 aliphatic carbocycles. The summed E-state index contributed by atoms with van der Waals surface area (Å²) in [6, 6.07) is 6.32. The number of nitrogens with one attached hydrogen (secondary N) is 1. The Kier molecular flexibility index (Phi) is 3.88. The van der Waals surface area contributed by atoms with E-state index in [0.717, 1.165) is 54.0 Å².